The molecule has 0 spiro atoms. The van der Waals surface area contributed by atoms with E-state index in [1.807, 2.05) is 36.4 Å². The maximum Gasteiger partial charge on any atom is 0.243 e. The number of rotatable bonds is 7. The molecule has 0 bridgehead atoms. The molecule has 186 valence electrons. The number of thiazole rings is 1. The molecule has 0 amide bonds. The number of benzene rings is 2. The highest BCUT2D eigenvalue weighted by Crippen LogP contribution is 2.27. The minimum atomic E-state index is -3.45. The van der Waals surface area contributed by atoms with Crippen LogP contribution in [0.25, 0.3) is 11.3 Å². The number of sulfonamides is 1. The van der Waals surface area contributed by atoms with Crippen LogP contribution in [0.4, 0.5) is 5.69 Å². The molecule has 0 saturated carbocycles. The number of ether oxygens (including phenoxy) is 2. The highest BCUT2D eigenvalue weighted by molar-refractivity contribution is 7.89. The van der Waals surface area contributed by atoms with Crippen molar-refractivity contribution >= 4 is 27.0 Å². The molecule has 1 unspecified atom stereocenters. The fraction of sp³-hybridized carbons (Fsp3) is 0.423. The Kier molecular flexibility index (Phi) is 7.38. The van der Waals surface area contributed by atoms with Gasteiger partial charge in [0.25, 0.3) is 0 Å². The van der Waals surface area contributed by atoms with Gasteiger partial charge in [-0.25, -0.2) is 13.4 Å². The van der Waals surface area contributed by atoms with E-state index in [4.69, 9.17) is 14.5 Å². The molecule has 0 N–H and O–H groups in total. The van der Waals surface area contributed by atoms with Crippen molar-refractivity contribution in [1.82, 2.24) is 8.87 Å². The second kappa shape index (κ2) is 10.7. The van der Waals surface area contributed by atoms with E-state index in [2.05, 4.69) is 9.95 Å². The van der Waals surface area contributed by atoms with Crippen molar-refractivity contribution in [3.63, 3.8) is 0 Å². The summed E-state index contributed by atoms with van der Waals surface area (Å²) in [6, 6.07) is 15.0. The van der Waals surface area contributed by atoms with E-state index in [0.29, 0.717) is 24.5 Å². The molecule has 2 fully saturated rings. The van der Waals surface area contributed by atoms with Crippen LogP contribution in [0.3, 0.4) is 0 Å². The lowest BCUT2D eigenvalue weighted by Crippen LogP contribution is -2.35. The van der Waals surface area contributed by atoms with Crippen molar-refractivity contribution in [2.24, 2.45) is 4.99 Å². The monoisotopic (exact) mass is 513 g/mol. The maximum absolute atomic E-state index is 13.1. The van der Waals surface area contributed by atoms with Crippen LogP contribution >= 0.6 is 11.3 Å². The van der Waals surface area contributed by atoms with Crippen molar-refractivity contribution in [3.8, 4) is 17.0 Å². The normalized spacial score (nSPS) is 19.8. The molecule has 9 heteroatoms. The van der Waals surface area contributed by atoms with Gasteiger partial charge in [0.1, 0.15) is 5.75 Å². The van der Waals surface area contributed by atoms with Crippen LogP contribution in [-0.2, 0) is 21.3 Å². The summed E-state index contributed by atoms with van der Waals surface area (Å²) in [6.45, 7) is 2.71. The van der Waals surface area contributed by atoms with Crippen LogP contribution in [0.15, 0.2) is 63.8 Å². The number of nitrogens with zero attached hydrogens (tertiary/aromatic N) is 3. The summed E-state index contributed by atoms with van der Waals surface area (Å²) < 4.78 is 41.1. The van der Waals surface area contributed by atoms with Crippen molar-refractivity contribution < 1.29 is 17.9 Å². The van der Waals surface area contributed by atoms with Crippen LogP contribution in [0, 0.1) is 0 Å². The Hall–Kier alpha value is -2.46. The van der Waals surface area contributed by atoms with Gasteiger partial charge in [0.05, 0.1) is 36.0 Å². The quantitative estimate of drug-likeness (QED) is 0.454. The molecule has 1 aromatic heterocycles. The molecule has 2 aromatic carbocycles. The van der Waals surface area contributed by atoms with Gasteiger partial charge >= 0.3 is 0 Å². The average molecular weight is 514 g/mol. The van der Waals surface area contributed by atoms with E-state index in [-0.39, 0.29) is 6.10 Å². The van der Waals surface area contributed by atoms with Crippen LogP contribution in [0.5, 0.6) is 5.75 Å². The lowest BCUT2D eigenvalue weighted by atomic mass is 10.1. The highest BCUT2D eigenvalue weighted by Gasteiger charge is 2.26. The standard InChI is InChI=1S/C26H31N3O4S2/c1-32-22-11-9-21(10-12-22)27-26-29(18-23-6-5-17-33-23)25(19-34-26)20-7-13-24(14-8-20)35(30,31)28-15-3-2-4-16-28/h7-14,19,23H,2-6,15-18H2,1H3. The van der Waals surface area contributed by atoms with Crippen LogP contribution in [0.2, 0.25) is 0 Å². The van der Waals surface area contributed by atoms with Crippen molar-refractivity contribution in [1.29, 1.82) is 0 Å². The van der Waals surface area contributed by atoms with E-state index >= 15 is 0 Å². The zero-order chi connectivity index (χ0) is 24.3. The van der Waals surface area contributed by atoms with Crippen molar-refractivity contribution in [2.45, 2.75) is 49.6 Å². The largest absolute Gasteiger partial charge is 0.497 e. The predicted octanol–water partition coefficient (Wildman–Crippen LogP) is 4.81. The first-order chi connectivity index (χ1) is 17.0. The second-order valence-corrected chi connectivity index (χ2v) is 11.7. The van der Waals surface area contributed by atoms with E-state index in [9.17, 15) is 8.42 Å². The molecule has 1 atom stereocenters. The Balaban J connectivity index is 1.48. The first-order valence-corrected chi connectivity index (χ1v) is 14.5. The zero-order valence-corrected chi connectivity index (χ0v) is 21.6. The fourth-order valence-corrected chi connectivity index (χ4v) is 7.09. The van der Waals surface area contributed by atoms with Crippen molar-refractivity contribution in [2.75, 3.05) is 26.8 Å². The van der Waals surface area contributed by atoms with Crippen molar-refractivity contribution in [3.05, 3.63) is 58.7 Å². The highest BCUT2D eigenvalue weighted by atomic mass is 32.2. The van der Waals surface area contributed by atoms with E-state index in [1.54, 1.807) is 34.9 Å². The van der Waals surface area contributed by atoms with Gasteiger partial charge in [-0.1, -0.05) is 18.6 Å². The summed E-state index contributed by atoms with van der Waals surface area (Å²) in [6.07, 6.45) is 5.19. The van der Waals surface area contributed by atoms with Gasteiger partial charge in [-0.3, -0.25) is 0 Å². The molecule has 7 nitrogen and oxygen atoms in total. The number of hydrogen-bond donors (Lipinski definition) is 0. The van der Waals surface area contributed by atoms with Gasteiger partial charge in [-0.05, 0) is 67.6 Å². The third-order valence-electron chi connectivity index (χ3n) is 6.61. The minimum Gasteiger partial charge on any atom is -0.497 e. The molecule has 0 aliphatic carbocycles. The van der Waals surface area contributed by atoms with Gasteiger partial charge in [0.2, 0.25) is 10.0 Å². The van der Waals surface area contributed by atoms with E-state index < -0.39 is 10.0 Å². The maximum atomic E-state index is 13.1. The first kappa shape index (κ1) is 24.2. The Morgan fingerprint density at radius 3 is 2.43 bits per heavy atom. The molecule has 0 radical (unpaired) electrons. The molecular formula is C26H31N3O4S2. The molecule has 3 heterocycles. The third-order valence-corrected chi connectivity index (χ3v) is 9.38. The molecule has 2 aliphatic rings. The summed E-state index contributed by atoms with van der Waals surface area (Å²) in [4.78, 5) is 6.12. The molecule has 5 rings (SSSR count). The smallest absolute Gasteiger partial charge is 0.243 e. The lowest BCUT2D eigenvalue weighted by molar-refractivity contribution is 0.0968. The third kappa shape index (κ3) is 5.38. The minimum absolute atomic E-state index is 0.150. The van der Waals surface area contributed by atoms with Crippen LogP contribution < -0.4 is 9.54 Å². The fourth-order valence-electron chi connectivity index (χ4n) is 4.64. The van der Waals surface area contributed by atoms with E-state index in [0.717, 1.165) is 66.2 Å². The summed E-state index contributed by atoms with van der Waals surface area (Å²) in [5.41, 5.74) is 2.83. The summed E-state index contributed by atoms with van der Waals surface area (Å²) in [7, 11) is -1.80. The number of hydrogen-bond acceptors (Lipinski definition) is 6. The zero-order valence-electron chi connectivity index (χ0n) is 19.9. The summed E-state index contributed by atoms with van der Waals surface area (Å²) >= 11 is 1.57. The lowest BCUT2D eigenvalue weighted by Gasteiger charge is -2.25. The van der Waals surface area contributed by atoms with Gasteiger partial charge in [-0.2, -0.15) is 4.31 Å². The molecule has 2 aliphatic heterocycles. The molecule has 35 heavy (non-hydrogen) atoms. The van der Waals surface area contributed by atoms with Crippen LogP contribution in [0.1, 0.15) is 32.1 Å². The van der Waals surface area contributed by atoms with E-state index in [1.165, 1.54) is 0 Å². The number of piperidine rings is 1. The predicted molar refractivity (Wildman–Crippen MR) is 138 cm³/mol. The summed E-state index contributed by atoms with van der Waals surface area (Å²) in [5.74, 6) is 0.794. The molecule has 3 aromatic rings. The van der Waals surface area contributed by atoms with Gasteiger partial charge in [-0.15, -0.1) is 11.3 Å². The number of methoxy groups -OCH3 is 1. The second-order valence-electron chi connectivity index (χ2n) is 8.95. The topological polar surface area (TPSA) is 73.1 Å². The Bertz CT molecular complexity index is 1300. The Morgan fingerprint density at radius 1 is 1.03 bits per heavy atom. The first-order valence-electron chi connectivity index (χ1n) is 12.1. The average Bonchev–Trinajstić information content (AvgIpc) is 3.56. The molecular weight excluding hydrogens is 482 g/mol. The Labute approximate surface area is 210 Å². The van der Waals surface area contributed by atoms with Gasteiger partial charge in [0.15, 0.2) is 4.80 Å². The van der Waals surface area contributed by atoms with Gasteiger partial charge in [0, 0.05) is 25.1 Å². The van der Waals surface area contributed by atoms with Gasteiger partial charge < -0.3 is 14.0 Å². The summed E-state index contributed by atoms with van der Waals surface area (Å²) in [5, 5.41) is 2.09. The Morgan fingerprint density at radius 2 is 1.77 bits per heavy atom. The molecule has 2 saturated heterocycles. The SMILES string of the molecule is COc1ccc(N=c2scc(-c3ccc(S(=O)(=O)N4CCCCC4)cc3)n2CC2CCCO2)cc1. The number of aromatic nitrogens is 1. The van der Waals surface area contributed by atoms with Crippen LogP contribution in [-0.4, -0.2) is 50.2 Å².